The summed E-state index contributed by atoms with van der Waals surface area (Å²) in [7, 11) is 1.84. The van der Waals surface area contributed by atoms with Crippen molar-refractivity contribution >= 4 is 11.8 Å². The molecule has 0 atom stereocenters. The van der Waals surface area contributed by atoms with Gasteiger partial charge in [-0.3, -0.25) is 9.59 Å². The third-order valence-electron chi connectivity index (χ3n) is 5.29. The smallest absolute Gasteiger partial charge is 0.226 e. The lowest BCUT2D eigenvalue weighted by Crippen LogP contribution is -2.44. The molecular weight excluding hydrogens is 340 g/mol. The molecular formula is C21H28N4O2. The highest BCUT2D eigenvalue weighted by Gasteiger charge is 2.29. The normalized spacial score (nSPS) is 15.0. The number of nitrogens with zero attached hydrogens (tertiary/aromatic N) is 4. The standard InChI is InChI=1S/C21H28N4O2/c1-3-24-14-11-22-19(24)16-23(2)21(27)18-9-12-25(13-10-18)20(26)15-17-7-5-4-6-8-17/h4-8,11,14,18H,3,9-10,12-13,15-16H2,1-2H3. The Kier molecular flexibility index (Phi) is 6.27. The summed E-state index contributed by atoms with van der Waals surface area (Å²) >= 11 is 0. The number of carbonyl (C=O) groups is 2. The van der Waals surface area contributed by atoms with E-state index in [9.17, 15) is 9.59 Å². The van der Waals surface area contributed by atoms with E-state index in [1.165, 1.54) is 0 Å². The zero-order valence-electron chi connectivity index (χ0n) is 16.2. The zero-order chi connectivity index (χ0) is 19.2. The van der Waals surface area contributed by atoms with E-state index in [2.05, 4.69) is 16.5 Å². The number of aryl methyl sites for hydroxylation is 1. The predicted molar refractivity (Wildman–Crippen MR) is 104 cm³/mol. The Labute approximate surface area is 160 Å². The molecule has 2 aromatic rings. The van der Waals surface area contributed by atoms with Crippen LogP contribution in [0.15, 0.2) is 42.7 Å². The first-order valence-corrected chi connectivity index (χ1v) is 9.65. The monoisotopic (exact) mass is 368 g/mol. The van der Waals surface area contributed by atoms with E-state index in [1.807, 2.05) is 48.5 Å². The molecule has 0 radical (unpaired) electrons. The molecule has 0 unspecified atom stereocenters. The number of aromatic nitrogens is 2. The minimum Gasteiger partial charge on any atom is -0.342 e. The molecule has 1 fully saturated rings. The van der Waals surface area contributed by atoms with Crippen molar-refractivity contribution < 1.29 is 9.59 Å². The lowest BCUT2D eigenvalue weighted by Gasteiger charge is -2.33. The van der Waals surface area contributed by atoms with Crippen molar-refractivity contribution in [2.45, 2.75) is 39.3 Å². The van der Waals surface area contributed by atoms with Gasteiger partial charge in [0.25, 0.3) is 0 Å². The SMILES string of the molecule is CCn1ccnc1CN(C)C(=O)C1CCN(C(=O)Cc2ccccc2)CC1. The second-order valence-corrected chi connectivity index (χ2v) is 7.14. The third-order valence-corrected chi connectivity index (χ3v) is 5.29. The highest BCUT2D eigenvalue weighted by Crippen LogP contribution is 2.21. The number of amides is 2. The molecule has 1 aromatic heterocycles. The molecule has 144 valence electrons. The molecule has 0 bridgehead atoms. The van der Waals surface area contributed by atoms with Gasteiger partial charge in [-0.2, -0.15) is 0 Å². The third kappa shape index (κ3) is 4.76. The van der Waals surface area contributed by atoms with Crippen LogP contribution < -0.4 is 0 Å². The van der Waals surface area contributed by atoms with Gasteiger partial charge in [0.1, 0.15) is 5.82 Å². The Balaban J connectivity index is 1.49. The van der Waals surface area contributed by atoms with E-state index in [4.69, 9.17) is 0 Å². The van der Waals surface area contributed by atoms with Gasteiger partial charge in [-0.25, -0.2) is 4.98 Å². The first-order chi connectivity index (χ1) is 13.1. The van der Waals surface area contributed by atoms with Crippen LogP contribution in [0.3, 0.4) is 0 Å². The average Bonchev–Trinajstić information content (AvgIpc) is 3.15. The molecule has 0 aliphatic carbocycles. The fraction of sp³-hybridized carbons (Fsp3) is 0.476. The van der Waals surface area contributed by atoms with Gasteiger partial charge in [0.2, 0.25) is 11.8 Å². The summed E-state index contributed by atoms with van der Waals surface area (Å²) in [6, 6.07) is 9.81. The van der Waals surface area contributed by atoms with Gasteiger partial charge in [-0.1, -0.05) is 30.3 Å². The Morgan fingerprint density at radius 2 is 1.89 bits per heavy atom. The Morgan fingerprint density at radius 3 is 2.56 bits per heavy atom. The summed E-state index contributed by atoms with van der Waals surface area (Å²) in [6.07, 6.45) is 5.59. The summed E-state index contributed by atoms with van der Waals surface area (Å²) in [6.45, 7) is 4.74. The molecule has 0 N–H and O–H groups in total. The van der Waals surface area contributed by atoms with Crippen molar-refractivity contribution in [3.8, 4) is 0 Å². The zero-order valence-corrected chi connectivity index (χ0v) is 16.2. The molecule has 2 heterocycles. The number of imidazole rings is 1. The van der Waals surface area contributed by atoms with E-state index in [1.54, 1.807) is 11.1 Å². The van der Waals surface area contributed by atoms with E-state index in [0.29, 0.717) is 26.1 Å². The molecule has 27 heavy (non-hydrogen) atoms. The summed E-state index contributed by atoms with van der Waals surface area (Å²) < 4.78 is 2.05. The highest BCUT2D eigenvalue weighted by molar-refractivity contribution is 5.81. The van der Waals surface area contributed by atoms with E-state index < -0.39 is 0 Å². The first kappa shape index (κ1) is 19.1. The second-order valence-electron chi connectivity index (χ2n) is 7.14. The maximum atomic E-state index is 12.8. The Bertz CT molecular complexity index is 763. The fourth-order valence-electron chi connectivity index (χ4n) is 3.64. The molecule has 6 nitrogen and oxygen atoms in total. The van der Waals surface area contributed by atoms with Crippen molar-refractivity contribution in [3.05, 3.63) is 54.1 Å². The average molecular weight is 368 g/mol. The van der Waals surface area contributed by atoms with Gasteiger partial charge >= 0.3 is 0 Å². The summed E-state index contributed by atoms with van der Waals surface area (Å²) in [5, 5.41) is 0. The summed E-state index contributed by atoms with van der Waals surface area (Å²) in [5.74, 6) is 1.19. The first-order valence-electron chi connectivity index (χ1n) is 9.65. The van der Waals surface area contributed by atoms with Gasteiger partial charge < -0.3 is 14.4 Å². The largest absolute Gasteiger partial charge is 0.342 e. The van der Waals surface area contributed by atoms with Crippen molar-refractivity contribution in [2.24, 2.45) is 5.92 Å². The van der Waals surface area contributed by atoms with Gasteiger partial charge in [0, 0.05) is 45.0 Å². The van der Waals surface area contributed by atoms with Crippen LogP contribution in [0.4, 0.5) is 0 Å². The second kappa shape index (κ2) is 8.84. The molecule has 3 rings (SSSR count). The maximum Gasteiger partial charge on any atom is 0.226 e. The number of hydrogen-bond acceptors (Lipinski definition) is 3. The molecule has 1 aliphatic heterocycles. The van der Waals surface area contributed by atoms with Crippen LogP contribution in [-0.4, -0.2) is 51.3 Å². The lowest BCUT2D eigenvalue weighted by molar-refractivity contribution is -0.140. The van der Waals surface area contributed by atoms with Gasteiger partial charge in [0.05, 0.1) is 13.0 Å². The van der Waals surface area contributed by atoms with E-state index >= 15 is 0 Å². The van der Waals surface area contributed by atoms with Crippen LogP contribution in [0.2, 0.25) is 0 Å². The van der Waals surface area contributed by atoms with Crippen LogP contribution in [0.1, 0.15) is 31.2 Å². The Hall–Kier alpha value is -2.63. The molecule has 0 spiro atoms. The maximum absolute atomic E-state index is 12.8. The number of piperidine rings is 1. The topological polar surface area (TPSA) is 58.4 Å². The quantitative estimate of drug-likeness (QED) is 0.786. The van der Waals surface area contributed by atoms with E-state index in [0.717, 1.165) is 30.8 Å². The minimum absolute atomic E-state index is 0.0131. The van der Waals surface area contributed by atoms with Crippen LogP contribution in [0.25, 0.3) is 0 Å². The Morgan fingerprint density at radius 1 is 1.19 bits per heavy atom. The summed E-state index contributed by atoms with van der Waals surface area (Å²) in [5.41, 5.74) is 1.03. The van der Waals surface area contributed by atoms with E-state index in [-0.39, 0.29) is 17.7 Å². The molecule has 1 saturated heterocycles. The van der Waals surface area contributed by atoms with Crippen molar-refractivity contribution in [3.63, 3.8) is 0 Å². The highest BCUT2D eigenvalue weighted by atomic mass is 16.2. The van der Waals surface area contributed by atoms with Gasteiger partial charge in [-0.15, -0.1) is 0 Å². The van der Waals surface area contributed by atoms with Crippen molar-refractivity contribution in [1.82, 2.24) is 19.4 Å². The fourth-order valence-corrected chi connectivity index (χ4v) is 3.64. The van der Waals surface area contributed by atoms with Gasteiger partial charge in [0.15, 0.2) is 0 Å². The molecule has 1 aliphatic rings. The number of hydrogen-bond donors (Lipinski definition) is 0. The van der Waals surface area contributed by atoms with Crippen molar-refractivity contribution in [2.75, 3.05) is 20.1 Å². The van der Waals surface area contributed by atoms with Crippen LogP contribution in [0.5, 0.6) is 0 Å². The molecule has 6 heteroatoms. The summed E-state index contributed by atoms with van der Waals surface area (Å²) in [4.78, 5) is 33.3. The van der Waals surface area contributed by atoms with Gasteiger partial charge in [-0.05, 0) is 25.3 Å². The van der Waals surface area contributed by atoms with Crippen LogP contribution in [-0.2, 0) is 29.1 Å². The number of benzene rings is 1. The minimum atomic E-state index is -0.0131. The number of likely N-dealkylation sites (tertiary alicyclic amines) is 1. The predicted octanol–water partition coefficient (Wildman–Crippen LogP) is 2.34. The van der Waals surface area contributed by atoms with Crippen molar-refractivity contribution in [1.29, 1.82) is 0 Å². The number of rotatable bonds is 6. The lowest BCUT2D eigenvalue weighted by atomic mass is 9.95. The molecule has 1 aromatic carbocycles. The molecule has 0 saturated carbocycles. The van der Waals surface area contributed by atoms with Crippen LogP contribution >= 0.6 is 0 Å². The van der Waals surface area contributed by atoms with Crippen LogP contribution in [0, 0.1) is 5.92 Å². The molecule has 2 amide bonds. The number of carbonyl (C=O) groups excluding carboxylic acids is 2.